The van der Waals surface area contributed by atoms with Crippen LogP contribution in [0.4, 0.5) is 0 Å². The molecule has 0 saturated carbocycles. The molecule has 0 spiro atoms. The van der Waals surface area contributed by atoms with Crippen LogP contribution in [0.1, 0.15) is 48.5 Å². The molecule has 0 aliphatic carbocycles. The normalized spacial score (nSPS) is 21.7. The Bertz CT molecular complexity index is 605. The molecule has 0 radical (unpaired) electrons. The highest BCUT2D eigenvalue weighted by molar-refractivity contribution is 6.74. The van der Waals surface area contributed by atoms with Crippen molar-refractivity contribution in [2.75, 3.05) is 13.2 Å². The molecule has 164 valence electrons. The lowest BCUT2D eigenvalue weighted by molar-refractivity contribution is -0.740. The van der Waals surface area contributed by atoms with Crippen LogP contribution in [-0.4, -0.2) is 58.6 Å². The van der Waals surface area contributed by atoms with Crippen LogP contribution in [0.2, 0.25) is 36.3 Å². The summed E-state index contributed by atoms with van der Waals surface area (Å²) in [4.78, 5) is 18.1. The summed E-state index contributed by atoms with van der Waals surface area (Å²) in [6.07, 6.45) is -1.48. The summed E-state index contributed by atoms with van der Waals surface area (Å²) in [7, 11) is -4.34. The highest BCUT2D eigenvalue weighted by Gasteiger charge is 2.52. The predicted molar refractivity (Wildman–Crippen MR) is 115 cm³/mol. The topological polar surface area (TPSA) is 80.1 Å². The number of hydrogen-bond acceptors (Lipinski definition) is 6. The lowest BCUT2D eigenvalue weighted by Crippen LogP contribution is -2.52. The van der Waals surface area contributed by atoms with Crippen LogP contribution < -0.4 is 0 Å². The maximum Gasteiger partial charge on any atom is 0.408 e. The van der Waals surface area contributed by atoms with Gasteiger partial charge in [0.05, 0.1) is 18.1 Å². The van der Waals surface area contributed by atoms with Gasteiger partial charge in [-0.15, -0.1) is 0 Å². The van der Waals surface area contributed by atoms with Gasteiger partial charge in [-0.3, -0.25) is 5.21 Å². The number of esters is 1. The van der Waals surface area contributed by atoms with Crippen molar-refractivity contribution in [2.45, 2.75) is 96.9 Å². The average Bonchev–Trinajstić information content (AvgIpc) is 2.78. The van der Waals surface area contributed by atoms with Crippen molar-refractivity contribution in [2.24, 2.45) is 0 Å². The Morgan fingerprint density at radius 3 is 2.00 bits per heavy atom. The van der Waals surface area contributed by atoms with Crippen LogP contribution in [0, 0.1) is 5.21 Å². The Kier molecular flexibility index (Phi) is 7.59. The fraction of sp³-hybridized carbons (Fsp3) is 0.895. The minimum atomic E-state index is -2.28. The second-order valence-electron chi connectivity index (χ2n) is 10.4. The van der Waals surface area contributed by atoms with E-state index in [9.17, 15) is 10.0 Å². The summed E-state index contributed by atoms with van der Waals surface area (Å²) in [5.41, 5.74) is -0.129. The van der Waals surface area contributed by atoms with Crippen LogP contribution in [0.3, 0.4) is 0 Å². The molecule has 1 heterocycles. The van der Waals surface area contributed by atoms with Gasteiger partial charge in [-0.2, -0.15) is 0 Å². The second kappa shape index (κ2) is 8.45. The summed E-state index contributed by atoms with van der Waals surface area (Å²) in [5.74, 6) is -0.698. The molecule has 0 aromatic heterocycles. The van der Waals surface area contributed by atoms with E-state index in [-0.39, 0.29) is 33.9 Å². The van der Waals surface area contributed by atoms with Crippen LogP contribution in [-0.2, 0) is 23.2 Å². The Labute approximate surface area is 172 Å². The van der Waals surface area contributed by atoms with Crippen molar-refractivity contribution in [1.82, 2.24) is 0 Å². The molecule has 0 unspecified atom stereocenters. The highest BCUT2D eigenvalue weighted by Crippen LogP contribution is 2.40. The van der Waals surface area contributed by atoms with E-state index in [0.717, 1.165) is 0 Å². The standard InChI is InChI=1S/C19H39NO6Si2/c1-12-23-17(21)15-16(26-28(10,11)19(5,6)7)14(25-20(15)22)13-24-27(8,9)18(2,3)4/h14,16H,12-13H2,1-11H3/t14-,16+/m0/s1. The predicted octanol–water partition coefficient (Wildman–Crippen LogP) is 4.23. The van der Waals surface area contributed by atoms with Crippen molar-refractivity contribution in [3.8, 4) is 0 Å². The molecule has 28 heavy (non-hydrogen) atoms. The minimum Gasteiger partial charge on any atom is -0.458 e. The molecule has 0 saturated heterocycles. The molecule has 0 amide bonds. The van der Waals surface area contributed by atoms with Gasteiger partial charge in [-0.1, -0.05) is 41.5 Å². The van der Waals surface area contributed by atoms with Crippen molar-refractivity contribution >= 4 is 28.3 Å². The summed E-state index contributed by atoms with van der Waals surface area (Å²) in [6.45, 7) is 23.3. The zero-order valence-corrected chi connectivity index (χ0v) is 21.5. The zero-order chi connectivity index (χ0) is 22.1. The van der Waals surface area contributed by atoms with Crippen LogP contribution in [0.5, 0.6) is 0 Å². The molecule has 1 rings (SSSR count). The SMILES string of the molecule is CCOC(=O)C1=[N+]([O-])O[C@@H](CO[Si](C)(C)C(C)(C)C)[C@H]1O[Si](C)(C)C(C)(C)C. The molecule has 0 fully saturated rings. The Hall–Kier alpha value is -0.906. The zero-order valence-electron chi connectivity index (χ0n) is 19.5. The van der Waals surface area contributed by atoms with Gasteiger partial charge in [-0.05, 0) is 43.2 Å². The lowest BCUT2D eigenvalue weighted by Gasteiger charge is -2.40. The Morgan fingerprint density at radius 1 is 1.07 bits per heavy atom. The largest absolute Gasteiger partial charge is 0.458 e. The molecule has 0 N–H and O–H groups in total. The van der Waals surface area contributed by atoms with Gasteiger partial charge < -0.3 is 18.4 Å². The number of ether oxygens (including phenoxy) is 1. The molecule has 7 nitrogen and oxygen atoms in total. The summed E-state index contributed by atoms with van der Waals surface area (Å²) in [6, 6.07) is 0. The van der Waals surface area contributed by atoms with E-state index < -0.39 is 34.8 Å². The Morgan fingerprint density at radius 2 is 1.57 bits per heavy atom. The Balaban J connectivity index is 3.15. The van der Waals surface area contributed by atoms with Gasteiger partial charge in [0.25, 0.3) is 0 Å². The first-order chi connectivity index (χ1) is 12.4. The van der Waals surface area contributed by atoms with E-state index in [0.29, 0.717) is 0 Å². The summed E-state index contributed by atoms with van der Waals surface area (Å²) >= 11 is 0. The van der Waals surface area contributed by atoms with Gasteiger partial charge in [-0.25, -0.2) is 4.79 Å². The van der Waals surface area contributed by atoms with E-state index in [2.05, 4.69) is 67.7 Å². The molecule has 2 atom stereocenters. The van der Waals surface area contributed by atoms with Crippen molar-refractivity contribution in [3.05, 3.63) is 5.21 Å². The number of carbonyl (C=O) groups excluding carboxylic acids is 1. The molecule has 0 bridgehead atoms. The van der Waals surface area contributed by atoms with Gasteiger partial charge in [0.15, 0.2) is 22.7 Å². The smallest absolute Gasteiger partial charge is 0.408 e. The first-order valence-electron chi connectivity index (χ1n) is 9.94. The van der Waals surface area contributed by atoms with E-state index >= 15 is 0 Å². The molecular weight excluding hydrogens is 394 g/mol. The quantitative estimate of drug-likeness (QED) is 0.340. The van der Waals surface area contributed by atoms with Gasteiger partial charge in [0, 0.05) is 0 Å². The second-order valence-corrected chi connectivity index (χ2v) is 19.9. The van der Waals surface area contributed by atoms with Gasteiger partial charge >= 0.3 is 11.7 Å². The molecule has 0 aromatic rings. The van der Waals surface area contributed by atoms with E-state index in [4.69, 9.17) is 18.4 Å². The summed E-state index contributed by atoms with van der Waals surface area (Å²) < 4.78 is 17.8. The molecule has 1 aliphatic heterocycles. The number of carbonyl (C=O) groups is 1. The van der Waals surface area contributed by atoms with Crippen molar-refractivity contribution < 1.29 is 28.1 Å². The van der Waals surface area contributed by atoms with Gasteiger partial charge in [0.1, 0.15) is 6.10 Å². The maximum absolute atomic E-state index is 12.4. The third-order valence-electron chi connectivity index (χ3n) is 6.16. The maximum atomic E-state index is 12.4. The monoisotopic (exact) mass is 433 g/mol. The van der Waals surface area contributed by atoms with Crippen molar-refractivity contribution in [3.63, 3.8) is 0 Å². The third-order valence-corrected chi connectivity index (χ3v) is 15.1. The van der Waals surface area contributed by atoms with Crippen LogP contribution in [0.15, 0.2) is 0 Å². The minimum absolute atomic E-state index is 0.0201. The first kappa shape index (κ1) is 25.1. The number of rotatable bonds is 7. The molecule has 0 aromatic carbocycles. The third kappa shape index (κ3) is 5.58. The highest BCUT2D eigenvalue weighted by atomic mass is 28.4. The first-order valence-corrected chi connectivity index (χ1v) is 15.8. The fourth-order valence-corrected chi connectivity index (χ4v) is 4.43. The van der Waals surface area contributed by atoms with Crippen molar-refractivity contribution in [1.29, 1.82) is 0 Å². The lowest BCUT2D eigenvalue weighted by atomic mass is 10.1. The number of hydrogen-bond donors (Lipinski definition) is 0. The molecule has 9 heteroatoms. The molecule has 1 aliphatic rings. The van der Waals surface area contributed by atoms with Gasteiger partial charge in [0.2, 0.25) is 0 Å². The average molecular weight is 434 g/mol. The van der Waals surface area contributed by atoms with Crippen LogP contribution >= 0.6 is 0 Å². The van der Waals surface area contributed by atoms with Crippen LogP contribution in [0.25, 0.3) is 0 Å². The van der Waals surface area contributed by atoms with E-state index in [1.807, 2.05) is 0 Å². The summed E-state index contributed by atoms with van der Waals surface area (Å²) in [5, 5.41) is 12.3. The number of nitrogens with zero attached hydrogens (tertiary/aromatic N) is 1. The van der Waals surface area contributed by atoms with E-state index in [1.54, 1.807) is 6.92 Å². The van der Waals surface area contributed by atoms with E-state index in [1.165, 1.54) is 0 Å². The fourth-order valence-electron chi connectivity index (χ4n) is 2.16. The molecular formula is C19H39NO6Si2.